The fourth-order valence-corrected chi connectivity index (χ4v) is 6.11. The zero-order valence-corrected chi connectivity index (χ0v) is 25.5. The van der Waals surface area contributed by atoms with Crippen LogP contribution in [0.1, 0.15) is 36.6 Å². The van der Waals surface area contributed by atoms with Crippen molar-refractivity contribution in [3.63, 3.8) is 0 Å². The normalized spacial score (nSPS) is 20.4. The first-order valence-electron chi connectivity index (χ1n) is 14.4. The number of likely N-dealkylation sites (N-methyl/N-ethyl adjacent to an activating group) is 1. The van der Waals surface area contributed by atoms with Crippen LogP contribution in [-0.2, 0) is 0 Å². The van der Waals surface area contributed by atoms with Gasteiger partial charge >= 0.3 is 0 Å². The Hall–Kier alpha value is -3.03. The van der Waals surface area contributed by atoms with Gasteiger partial charge in [0.2, 0.25) is 0 Å². The second kappa shape index (κ2) is 13.3. The summed E-state index contributed by atoms with van der Waals surface area (Å²) in [5.41, 5.74) is 4.37. The van der Waals surface area contributed by atoms with E-state index < -0.39 is 0 Å². The lowest BCUT2D eigenvalue weighted by Crippen LogP contribution is -2.63. The third-order valence-corrected chi connectivity index (χ3v) is 8.50. The van der Waals surface area contributed by atoms with Gasteiger partial charge in [0.25, 0.3) is 0 Å². The molecule has 2 aliphatic rings. The van der Waals surface area contributed by atoms with Crippen molar-refractivity contribution in [2.75, 3.05) is 57.7 Å². The third-order valence-electron chi connectivity index (χ3n) is 7.99. The molecule has 3 aromatic carbocycles. The Morgan fingerprint density at radius 2 is 1.54 bits per heavy atom. The summed E-state index contributed by atoms with van der Waals surface area (Å²) in [6, 6.07) is 25.0. The summed E-state index contributed by atoms with van der Waals surface area (Å²) in [6.45, 7) is 15.5. The number of rotatable bonds is 10. The minimum atomic E-state index is -0.343. The highest BCUT2D eigenvalue weighted by molar-refractivity contribution is 6.30. The molecule has 6 nitrogen and oxygen atoms in total. The maximum Gasteiger partial charge on any atom is 0.132 e. The van der Waals surface area contributed by atoms with Crippen LogP contribution in [0.5, 0.6) is 0 Å². The molecule has 1 atom stereocenters. The van der Waals surface area contributed by atoms with E-state index in [-0.39, 0.29) is 11.7 Å². The van der Waals surface area contributed by atoms with Crippen LogP contribution in [0.2, 0.25) is 10.0 Å². The molecule has 2 N–H and O–H groups in total. The number of halogens is 2. The quantitative estimate of drug-likeness (QED) is 0.288. The second-order valence-electron chi connectivity index (χ2n) is 11.0. The lowest BCUT2D eigenvalue weighted by Gasteiger charge is -2.45. The topological polar surface area (TPSA) is 46.1 Å². The highest BCUT2D eigenvalue weighted by Crippen LogP contribution is 2.32. The molecule has 8 heteroatoms. The number of nitrogens with zero attached hydrogens (tertiary/aromatic N) is 4. The van der Waals surface area contributed by atoms with Gasteiger partial charge in [0.1, 0.15) is 11.5 Å². The number of benzene rings is 3. The number of nitrogens with one attached hydrogen (secondary N) is 2. The van der Waals surface area contributed by atoms with Crippen molar-refractivity contribution in [1.29, 1.82) is 0 Å². The van der Waals surface area contributed by atoms with Crippen molar-refractivity contribution in [2.45, 2.75) is 25.6 Å². The molecule has 216 valence electrons. The standard InChI is InChI=1S/C33H40Cl2N6/c1-4-39(5-2)19-18-36-32-29-8-6-7-9-30(29)37-33(3,38-32)24-40-20-22-41(23-21-40)31(25-10-14-27(34)15-11-25)26-12-16-28(35)17-13-26/h4,6-17,31,37H,1,5,18-24H2,2-3H3,(H,36,38). The van der Waals surface area contributed by atoms with Gasteiger partial charge in [-0.1, -0.05) is 66.2 Å². The van der Waals surface area contributed by atoms with E-state index in [1.54, 1.807) is 0 Å². The fraction of sp³-hybridized carbons (Fsp3) is 0.364. The van der Waals surface area contributed by atoms with Crippen molar-refractivity contribution in [3.8, 4) is 0 Å². The average Bonchev–Trinajstić information content (AvgIpc) is 2.98. The molecule has 0 spiro atoms. The van der Waals surface area contributed by atoms with Crippen LogP contribution in [0.15, 0.2) is 90.6 Å². The molecule has 0 saturated carbocycles. The first kappa shape index (κ1) is 29.5. The Balaban J connectivity index is 1.28. The van der Waals surface area contributed by atoms with Crippen molar-refractivity contribution < 1.29 is 0 Å². The zero-order valence-electron chi connectivity index (χ0n) is 24.0. The SMILES string of the molecule is C=CN(CC)CCN=C1NC(C)(CN2CCN(C(c3ccc(Cl)cc3)c3ccc(Cl)cc3)CC2)Nc2ccccc21. The molecule has 0 bridgehead atoms. The average molecular weight is 592 g/mol. The molecule has 3 aromatic rings. The molecular formula is C33H40Cl2N6. The summed E-state index contributed by atoms with van der Waals surface area (Å²) in [5.74, 6) is 0.950. The van der Waals surface area contributed by atoms with Gasteiger partial charge in [-0.3, -0.25) is 14.8 Å². The lowest BCUT2D eigenvalue weighted by atomic mass is 9.96. The highest BCUT2D eigenvalue weighted by atomic mass is 35.5. The van der Waals surface area contributed by atoms with Gasteiger partial charge in [-0.05, 0) is 67.6 Å². The van der Waals surface area contributed by atoms with Crippen LogP contribution >= 0.6 is 23.2 Å². The van der Waals surface area contributed by atoms with E-state index in [2.05, 4.69) is 94.3 Å². The summed E-state index contributed by atoms with van der Waals surface area (Å²) in [6.07, 6.45) is 1.89. The molecule has 2 aliphatic heterocycles. The molecule has 1 unspecified atom stereocenters. The summed E-state index contributed by atoms with van der Waals surface area (Å²) in [5, 5.41) is 9.03. The summed E-state index contributed by atoms with van der Waals surface area (Å²) in [7, 11) is 0. The van der Waals surface area contributed by atoms with Crippen molar-refractivity contribution in [1.82, 2.24) is 20.0 Å². The van der Waals surface area contributed by atoms with Crippen LogP contribution in [-0.4, -0.2) is 78.6 Å². The largest absolute Gasteiger partial charge is 0.376 e. The van der Waals surface area contributed by atoms with Gasteiger partial charge in [-0.25, -0.2) is 0 Å². The van der Waals surface area contributed by atoms with Gasteiger partial charge < -0.3 is 15.5 Å². The number of hydrogen-bond acceptors (Lipinski definition) is 5. The van der Waals surface area contributed by atoms with Gasteiger partial charge in [0, 0.05) is 67.1 Å². The Morgan fingerprint density at radius 3 is 2.12 bits per heavy atom. The molecule has 41 heavy (non-hydrogen) atoms. The van der Waals surface area contributed by atoms with E-state index in [1.807, 2.05) is 30.5 Å². The Kier molecular flexibility index (Phi) is 9.56. The first-order valence-corrected chi connectivity index (χ1v) is 15.2. The molecule has 5 rings (SSSR count). The predicted molar refractivity (Wildman–Crippen MR) is 173 cm³/mol. The zero-order chi connectivity index (χ0) is 28.8. The molecule has 2 heterocycles. The summed E-state index contributed by atoms with van der Waals surface area (Å²) < 4.78 is 0. The van der Waals surface area contributed by atoms with Crippen LogP contribution in [0.25, 0.3) is 0 Å². The minimum absolute atomic E-state index is 0.150. The number of anilines is 1. The van der Waals surface area contributed by atoms with E-state index in [1.165, 1.54) is 11.1 Å². The smallest absolute Gasteiger partial charge is 0.132 e. The van der Waals surface area contributed by atoms with Gasteiger partial charge in [0.05, 0.1) is 12.6 Å². The van der Waals surface area contributed by atoms with E-state index in [4.69, 9.17) is 28.2 Å². The molecule has 0 radical (unpaired) electrons. The number of amidine groups is 1. The van der Waals surface area contributed by atoms with E-state index >= 15 is 0 Å². The van der Waals surface area contributed by atoms with Crippen LogP contribution in [0.4, 0.5) is 5.69 Å². The highest BCUT2D eigenvalue weighted by Gasteiger charge is 2.35. The van der Waals surface area contributed by atoms with Crippen LogP contribution in [0, 0.1) is 0 Å². The molecule has 0 aliphatic carbocycles. The molecule has 0 aromatic heterocycles. The number of para-hydroxylation sites is 1. The maximum absolute atomic E-state index is 6.23. The first-order chi connectivity index (χ1) is 19.9. The summed E-state index contributed by atoms with van der Waals surface area (Å²) in [4.78, 5) is 12.3. The second-order valence-corrected chi connectivity index (χ2v) is 11.9. The lowest BCUT2D eigenvalue weighted by molar-refractivity contribution is 0.0946. The molecule has 1 saturated heterocycles. The molecule has 1 fully saturated rings. The van der Waals surface area contributed by atoms with Crippen LogP contribution in [0.3, 0.4) is 0 Å². The monoisotopic (exact) mass is 590 g/mol. The number of fused-ring (bicyclic) bond motifs is 1. The maximum atomic E-state index is 6.23. The summed E-state index contributed by atoms with van der Waals surface area (Å²) >= 11 is 12.5. The Bertz CT molecular complexity index is 1290. The van der Waals surface area contributed by atoms with Crippen molar-refractivity contribution in [2.24, 2.45) is 4.99 Å². The Morgan fingerprint density at radius 1 is 0.927 bits per heavy atom. The van der Waals surface area contributed by atoms with E-state index in [9.17, 15) is 0 Å². The predicted octanol–water partition coefficient (Wildman–Crippen LogP) is 6.34. The van der Waals surface area contributed by atoms with E-state index in [0.717, 1.165) is 72.9 Å². The van der Waals surface area contributed by atoms with Crippen LogP contribution < -0.4 is 10.6 Å². The number of hydrogen-bond donors (Lipinski definition) is 2. The van der Waals surface area contributed by atoms with Gasteiger partial charge in [-0.15, -0.1) is 0 Å². The van der Waals surface area contributed by atoms with Crippen molar-refractivity contribution >= 4 is 34.7 Å². The van der Waals surface area contributed by atoms with Gasteiger partial charge in [0.15, 0.2) is 0 Å². The fourth-order valence-electron chi connectivity index (χ4n) is 5.86. The van der Waals surface area contributed by atoms with Gasteiger partial charge in [-0.2, -0.15) is 0 Å². The molecular weight excluding hydrogens is 551 g/mol. The Labute approximate surface area is 254 Å². The number of piperazine rings is 1. The number of aliphatic imine (C=N–C) groups is 1. The molecule has 0 amide bonds. The van der Waals surface area contributed by atoms with E-state index in [0.29, 0.717) is 6.54 Å². The van der Waals surface area contributed by atoms with Crippen molar-refractivity contribution in [3.05, 3.63) is 112 Å². The third kappa shape index (κ3) is 7.25. The minimum Gasteiger partial charge on any atom is -0.376 e.